The van der Waals surface area contributed by atoms with Gasteiger partial charge in [0.1, 0.15) is 0 Å². The molecule has 0 unspecified atom stereocenters. The van der Waals surface area contributed by atoms with Crippen molar-refractivity contribution in [2.24, 2.45) is 5.92 Å². The van der Waals surface area contributed by atoms with Crippen molar-refractivity contribution in [1.29, 1.82) is 0 Å². The van der Waals surface area contributed by atoms with E-state index in [-0.39, 0.29) is 11.8 Å². The van der Waals surface area contributed by atoms with Crippen molar-refractivity contribution < 1.29 is 4.79 Å². The molecule has 0 aliphatic carbocycles. The van der Waals surface area contributed by atoms with E-state index in [4.69, 9.17) is 0 Å². The normalized spacial score (nSPS) is 16.7. The number of carbonyl (C=O) groups is 1. The molecule has 27 heavy (non-hydrogen) atoms. The lowest BCUT2D eigenvalue weighted by molar-refractivity contribution is -0.120. The standard InChI is InChI=1S/C22H22N4O/c27-21(25-20-11-5-2-6-12-20)18-10-7-13-26(16-18)22-23-14-19(15-24-22)17-8-3-1-4-9-17/h1-6,8-9,11-12,14-15,18H,7,10,13,16H2,(H,25,27)/t18-/m1/s1. The molecule has 0 spiro atoms. The van der Waals surface area contributed by atoms with E-state index in [1.54, 1.807) is 0 Å². The molecule has 0 radical (unpaired) electrons. The molecule has 2 heterocycles. The summed E-state index contributed by atoms with van der Waals surface area (Å²) in [7, 11) is 0. The smallest absolute Gasteiger partial charge is 0.229 e. The molecule has 1 atom stereocenters. The van der Waals surface area contributed by atoms with Crippen LogP contribution >= 0.6 is 0 Å². The first-order valence-corrected chi connectivity index (χ1v) is 9.28. The van der Waals surface area contributed by atoms with Gasteiger partial charge < -0.3 is 10.2 Å². The second-order valence-electron chi connectivity index (χ2n) is 6.78. The highest BCUT2D eigenvalue weighted by atomic mass is 16.1. The van der Waals surface area contributed by atoms with Crippen molar-refractivity contribution in [3.63, 3.8) is 0 Å². The summed E-state index contributed by atoms with van der Waals surface area (Å²) in [6.45, 7) is 1.52. The zero-order valence-corrected chi connectivity index (χ0v) is 15.1. The van der Waals surface area contributed by atoms with Gasteiger partial charge in [-0.05, 0) is 30.5 Å². The average Bonchev–Trinajstić information content (AvgIpc) is 2.75. The van der Waals surface area contributed by atoms with E-state index in [9.17, 15) is 4.79 Å². The van der Waals surface area contributed by atoms with E-state index in [1.165, 1.54) is 0 Å². The number of para-hydroxylation sites is 1. The number of piperidine rings is 1. The van der Waals surface area contributed by atoms with Gasteiger partial charge in [0.15, 0.2) is 0 Å². The first-order valence-electron chi connectivity index (χ1n) is 9.28. The van der Waals surface area contributed by atoms with E-state index >= 15 is 0 Å². The number of amides is 1. The Kier molecular flexibility index (Phi) is 5.10. The van der Waals surface area contributed by atoms with Crippen molar-refractivity contribution >= 4 is 17.5 Å². The fourth-order valence-corrected chi connectivity index (χ4v) is 3.40. The molecule has 4 rings (SSSR count). The van der Waals surface area contributed by atoms with Gasteiger partial charge in [-0.1, -0.05) is 48.5 Å². The zero-order chi connectivity index (χ0) is 18.5. The van der Waals surface area contributed by atoms with Crippen molar-refractivity contribution in [3.05, 3.63) is 73.1 Å². The molecule has 0 saturated carbocycles. The molecule has 2 aromatic carbocycles. The van der Waals surface area contributed by atoms with E-state index in [0.29, 0.717) is 12.5 Å². The van der Waals surface area contributed by atoms with Gasteiger partial charge in [0.05, 0.1) is 5.92 Å². The molecule has 1 aliphatic rings. The van der Waals surface area contributed by atoms with Gasteiger partial charge >= 0.3 is 0 Å². The van der Waals surface area contributed by atoms with Gasteiger partial charge in [0.2, 0.25) is 11.9 Å². The van der Waals surface area contributed by atoms with Crippen LogP contribution in [0.15, 0.2) is 73.1 Å². The quantitative estimate of drug-likeness (QED) is 0.766. The molecule has 1 N–H and O–H groups in total. The summed E-state index contributed by atoms with van der Waals surface area (Å²) < 4.78 is 0. The Morgan fingerprint density at radius 3 is 2.30 bits per heavy atom. The molecule has 3 aromatic rings. The number of hydrogen-bond donors (Lipinski definition) is 1. The maximum Gasteiger partial charge on any atom is 0.229 e. The molecule has 1 amide bonds. The SMILES string of the molecule is O=C(Nc1ccccc1)[C@@H]1CCCN(c2ncc(-c3ccccc3)cn2)C1. The first kappa shape index (κ1) is 17.2. The minimum atomic E-state index is -0.0589. The first-order chi connectivity index (χ1) is 13.3. The summed E-state index contributed by atoms with van der Waals surface area (Å²) >= 11 is 0. The number of nitrogens with zero attached hydrogens (tertiary/aromatic N) is 3. The third-order valence-corrected chi connectivity index (χ3v) is 4.86. The number of rotatable bonds is 4. The van der Waals surface area contributed by atoms with Crippen molar-refractivity contribution in [2.75, 3.05) is 23.3 Å². The second kappa shape index (κ2) is 7.99. The Morgan fingerprint density at radius 2 is 1.59 bits per heavy atom. The van der Waals surface area contributed by atoms with Crippen LogP contribution in [0.3, 0.4) is 0 Å². The highest BCUT2D eigenvalue weighted by Gasteiger charge is 2.27. The molecule has 0 bridgehead atoms. The van der Waals surface area contributed by atoms with Gasteiger partial charge in [-0.15, -0.1) is 0 Å². The van der Waals surface area contributed by atoms with E-state index in [2.05, 4.69) is 20.2 Å². The maximum atomic E-state index is 12.6. The van der Waals surface area contributed by atoms with Crippen molar-refractivity contribution in [2.45, 2.75) is 12.8 Å². The molecule has 136 valence electrons. The molecular formula is C22H22N4O. The Morgan fingerprint density at radius 1 is 0.926 bits per heavy atom. The Labute approximate surface area is 159 Å². The number of nitrogens with one attached hydrogen (secondary N) is 1. The predicted molar refractivity (Wildman–Crippen MR) is 107 cm³/mol. The van der Waals surface area contributed by atoms with Crippen LogP contribution in [0, 0.1) is 5.92 Å². The molecular weight excluding hydrogens is 336 g/mol. The van der Waals surface area contributed by atoms with Crippen molar-refractivity contribution in [1.82, 2.24) is 9.97 Å². The summed E-state index contributed by atoms with van der Waals surface area (Å²) in [6.07, 6.45) is 5.55. The maximum absolute atomic E-state index is 12.6. The zero-order valence-electron chi connectivity index (χ0n) is 15.1. The molecule has 1 fully saturated rings. The Balaban J connectivity index is 1.43. The summed E-state index contributed by atoms with van der Waals surface area (Å²) in [5, 5.41) is 3.01. The van der Waals surface area contributed by atoms with E-state index in [0.717, 1.165) is 36.2 Å². The van der Waals surface area contributed by atoms with Crippen molar-refractivity contribution in [3.8, 4) is 11.1 Å². The number of carbonyl (C=O) groups excluding carboxylic acids is 1. The molecule has 1 saturated heterocycles. The summed E-state index contributed by atoms with van der Waals surface area (Å²) in [5.41, 5.74) is 2.93. The molecule has 1 aromatic heterocycles. The van der Waals surface area contributed by atoms with Gasteiger partial charge in [0, 0.05) is 36.7 Å². The summed E-state index contributed by atoms with van der Waals surface area (Å²) in [6, 6.07) is 19.7. The van der Waals surface area contributed by atoms with E-state index < -0.39 is 0 Å². The summed E-state index contributed by atoms with van der Waals surface area (Å²) in [5.74, 6) is 0.690. The predicted octanol–water partition coefficient (Wildman–Crippen LogP) is 4.00. The third-order valence-electron chi connectivity index (χ3n) is 4.86. The second-order valence-corrected chi connectivity index (χ2v) is 6.78. The number of anilines is 2. The van der Waals surface area contributed by atoms with Crippen LogP contribution in [0.25, 0.3) is 11.1 Å². The minimum Gasteiger partial charge on any atom is -0.340 e. The highest BCUT2D eigenvalue weighted by molar-refractivity contribution is 5.93. The van der Waals surface area contributed by atoms with Gasteiger partial charge in [0.25, 0.3) is 0 Å². The number of aromatic nitrogens is 2. The lowest BCUT2D eigenvalue weighted by Crippen LogP contribution is -2.41. The lowest BCUT2D eigenvalue weighted by Gasteiger charge is -2.32. The number of hydrogen-bond acceptors (Lipinski definition) is 4. The average molecular weight is 358 g/mol. The van der Waals surface area contributed by atoms with Gasteiger partial charge in [-0.3, -0.25) is 4.79 Å². The fourth-order valence-electron chi connectivity index (χ4n) is 3.40. The number of benzene rings is 2. The van der Waals surface area contributed by atoms with Crippen LogP contribution < -0.4 is 10.2 Å². The topological polar surface area (TPSA) is 58.1 Å². The largest absolute Gasteiger partial charge is 0.340 e. The van der Waals surface area contributed by atoms with Crippen LogP contribution in [0.5, 0.6) is 0 Å². The third kappa shape index (κ3) is 4.14. The molecule has 1 aliphatic heterocycles. The lowest BCUT2D eigenvalue weighted by atomic mass is 9.97. The Hall–Kier alpha value is -3.21. The van der Waals surface area contributed by atoms with E-state index in [1.807, 2.05) is 73.1 Å². The van der Waals surface area contributed by atoms with Crippen LogP contribution in [-0.2, 0) is 4.79 Å². The van der Waals surface area contributed by atoms with Crippen LogP contribution in [0.2, 0.25) is 0 Å². The monoisotopic (exact) mass is 358 g/mol. The summed E-state index contributed by atoms with van der Waals surface area (Å²) in [4.78, 5) is 23.8. The van der Waals surface area contributed by atoms with Crippen LogP contribution in [0.4, 0.5) is 11.6 Å². The Bertz CT molecular complexity index is 881. The fraction of sp³-hybridized carbons (Fsp3) is 0.227. The van der Waals surface area contributed by atoms with Crippen LogP contribution in [-0.4, -0.2) is 29.0 Å². The molecule has 5 nitrogen and oxygen atoms in total. The van der Waals surface area contributed by atoms with Gasteiger partial charge in [-0.25, -0.2) is 9.97 Å². The minimum absolute atomic E-state index is 0.0589. The molecule has 5 heteroatoms. The van der Waals surface area contributed by atoms with Crippen LogP contribution in [0.1, 0.15) is 12.8 Å². The highest BCUT2D eigenvalue weighted by Crippen LogP contribution is 2.23. The van der Waals surface area contributed by atoms with Gasteiger partial charge in [-0.2, -0.15) is 0 Å².